The first kappa shape index (κ1) is 19.3. The van der Waals surface area contributed by atoms with Gasteiger partial charge in [0.2, 0.25) is 5.91 Å². The SMILES string of the molecule is COc1ccc(CN2CC(=O)N3CC4(CCN(c5ccncc5)CC4)OC3C2)cc1. The first-order valence-electron chi connectivity index (χ1n) is 10.6. The second kappa shape index (κ2) is 7.89. The Morgan fingerprint density at radius 3 is 2.57 bits per heavy atom. The summed E-state index contributed by atoms with van der Waals surface area (Å²) in [5.74, 6) is 1.02. The van der Waals surface area contributed by atoms with E-state index in [9.17, 15) is 4.79 Å². The summed E-state index contributed by atoms with van der Waals surface area (Å²) in [5.41, 5.74) is 2.17. The predicted octanol–water partition coefficient (Wildman–Crippen LogP) is 2.13. The van der Waals surface area contributed by atoms with Crippen LogP contribution in [0.25, 0.3) is 0 Å². The van der Waals surface area contributed by atoms with Crippen LogP contribution in [-0.2, 0) is 16.1 Å². The van der Waals surface area contributed by atoms with Gasteiger partial charge in [0.25, 0.3) is 0 Å². The van der Waals surface area contributed by atoms with Gasteiger partial charge in [-0.15, -0.1) is 0 Å². The third-order valence-electron chi connectivity index (χ3n) is 6.55. The molecule has 158 valence electrons. The number of piperidine rings is 1. The van der Waals surface area contributed by atoms with Crippen molar-refractivity contribution in [2.45, 2.75) is 31.2 Å². The van der Waals surface area contributed by atoms with E-state index in [4.69, 9.17) is 9.47 Å². The molecule has 0 bridgehead atoms. The molecule has 3 aliphatic heterocycles. The van der Waals surface area contributed by atoms with Gasteiger partial charge in [-0.1, -0.05) is 12.1 Å². The van der Waals surface area contributed by atoms with Crippen LogP contribution in [0.3, 0.4) is 0 Å². The highest BCUT2D eigenvalue weighted by molar-refractivity contribution is 5.79. The summed E-state index contributed by atoms with van der Waals surface area (Å²) in [5, 5.41) is 0. The van der Waals surface area contributed by atoms with Gasteiger partial charge in [-0.05, 0) is 42.7 Å². The fraction of sp³-hybridized carbons (Fsp3) is 0.478. The lowest BCUT2D eigenvalue weighted by Crippen LogP contribution is -2.53. The monoisotopic (exact) mass is 408 g/mol. The molecule has 3 fully saturated rings. The fourth-order valence-electron chi connectivity index (χ4n) is 4.87. The number of rotatable bonds is 4. The van der Waals surface area contributed by atoms with Crippen LogP contribution < -0.4 is 9.64 Å². The van der Waals surface area contributed by atoms with Gasteiger partial charge in [-0.25, -0.2) is 0 Å². The number of carbonyl (C=O) groups is 1. The lowest BCUT2D eigenvalue weighted by atomic mass is 9.91. The standard InChI is InChI=1S/C23H28N4O3/c1-29-20-4-2-18(3-5-20)14-25-15-21(28)27-17-23(30-22(27)16-25)8-12-26(13-9-23)19-6-10-24-11-7-19/h2-7,10-11,22H,8-9,12-17H2,1H3. The van der Waals surface area contributed by atoms with Gasteiger partial charge in [0.15, 0.2) is 0 Å². The fourth-order valence-corrected chi connectivity index (χ4v) is 4.87. The van der Waals surface area contributed by atoms with E-state index in [1.807, 2.05) is 29.4 Å². The van der Waals surface area contributed by atoms with Gasteiger partial charge in [-0.3, -0.25) is 14.7 Å². The Morgan fingerprint density at radius 1 is 1.13 bits per heavy atom. The Hall–Kier alpha value is -2.64. The van der Waals surface area contributed by atoms with Crippen LogP contribution in [0.2, 0.25) is 0 Å². The molecular formula is C23H28N4O3. The Morgan fingerprint density at radius 2 is 1.87 bits per heavy atom. The van der Waals surface area contributed by atoms with E-state index >= 15 is 0 Å². The molecule has 0 N–H and O–H groups in total. The smallest absolute Gasteiger partial charge is 0.238 e. The number of amides is 1. The molecule has 1 aromatic heterocycles. The average Bonchev–Trinajstić information content (AvgIpc) is 3.14. The van der Waals surface area contributed by atoms with Gasteiger partial charge in [0.05, 0.1) is 25.8 Å². The molecule has 2 aromatic rings. The molecule has 0 saturated carbocycles. The first-order chi connectivity index (χ1) is 14.6. The number of carbonyl (C=O) groups excluding carboxylic acids is 1. The zero-order valence-electron chi connectivity index (χ0n) is 17.4. The molecule has 0 radical (unpaired) electrons. The maximum atomic E-state index is 12.9. The van der Waals surface area contributed by atoms with Crippen LogP contribution in [0.4, 0.5) is 5.69 Å². The maximum Gasteiger partial charge on any atom is 0.238 e. The minimum absolute atomic E-state index is 0.142. The number of aromatic nitrogens is 1. The van der Waals surface area contributed by atoms with Crippen molar-refractivity contribution in [1.82, 2.24) is 14.8 Å². The molecule has 30 heavy (non-hydrogen) atoms. The molecular weight excluding hydrogens is 380 g/mol. The zero-order valence-corrected chi connectivity index (χ0v) is 17.4. The van der Waals surface area contributed by atoms with Gasteiger partial charge >= 0.3 is 0 Å². The third-order valence-corrected chi connectivity index (χ3v) is 6.55. The summed E-state index contributed by atoms with van der Waals surface area (Å²) in [4.78, 5) is 23.5. The van der Waals surface area contributed by atoms with Crippen LogP contribution in [0.1, 0.15) is 18.4 Å². The highest BCUT2D eigenvalue weighted by atomic mass is 16.5. The molecule has 1 unspecified atom stereocenters. The van der Waals surface area contributed by atoms with E-state index in [0.717, 1.165) is 51.3 Å². The topological polar surface area (TPSA) is 58.1 Å². The molecule has 4 heterocycles. The molecule has 1 atom stereocenters. The number of methoxy groups -OCH3 is 1. The van der Waals surface area contributed by atoms with Crippen LogP contribution in [0.15, 0.2) is 48.8 Å². The molecule has 5 rings (SSSR count). The van der Waals surface area contributed by atoms with Gasteiger partial charge in [0.1, 0.15) is 12.0 Å². The second-order valence-corrected chi connectivity index (χ2v) is 8.49. The number of fused-ring (bicyclic) bond motifs is 1. The third kappa shape index (κ3) is 3.75. The average molecular weight is 409 g/mol. The molecule has 3 saturated heterocycles. The first-order valence-corrected chi connectivity index (χ1v) is 10.6. The number of pyridine rings is 1. The minimum atomic E-state index is -0.208. The summed E-state index contributed by atoms with van der Waals surface area (Å²) in [7, 11) is 1.67. The normalized spacial score (nSPS) is 23.6. The highest BCUT2D eigenvalue weighted by Gasteiger charge is 2.50. The van der Waals surface area contributed by atoms with Crippen molar-refractivity contribution in [3.63, 3.8) is 0 Å². The van der Waals surface area contributed by atoms with Crippen molar-refractivity contribution in [2.75, 3.05) is 44.7 Å². The summed E-state index contributed by atoms with van der Waals surface area (Å²) in [6.45, 7) is 4.55. The molecule has 7 heteroatoms. The van der Waals surface area contributed by atoms with Gasteiger partial charge < -0.3 is 19.3 Å². The van der Waals surface area contributed by atoms with Crippen molar-refractivity contribution in [3.8, 4) is 5.75 Å². The summed E-state index contributed by atoms with van der Waals surface area (Å²) in [6, 6.07) is 12.1. The Labute approximate surface area is 177 Å². The molecule has 1 amide bonds. The van der Waals surface area contributed by atoms with Crippen LogP contribution in [0.5, 0.6) is 5.75 Å². The quantitative estimate of drug-likeness (QED) is 0.773. The Bertz CT molecular complexity index is 881. The van der Waals surface area contributed by atoms with E-state index in [1.54, 1.807) is 7.11 Å². The van der Waals surface area contributed by atoms with Crippen molar-refractivity contribution in [2.24, 2.45) is 0 Å². The van der Waals surface area contributed by atoms with E-state index in [0.29, 0.717) is 6.54 Å². The number of piperazine rings is 1. The lowest BCUT2D eigenvalue weighted by molar-refractivity contribution is -0.149. The molecule has 3 aliphatic rings. The van der Waals surface area contributed by atoms with Crippen LogP contribution in [-0.4, -0.2) is 72.4 Å². The largest absolute Gasteiger partial charge is 0.497 e. The highest BCUT2D eigenvalue weighted by Crippen LogP contribution is 2.38. The van der Waals surface area contributed by atoms with Crippen LogP contribution >= 0.6 is 0 Å². The molecule has 1 spiro atoms. The van der Waals surface area contributed by atoms with E-state index in [-0.39, 0.29) is 17.7 Å². The van der Waals surface area contributed by atoms with Crippen molar-refractivity contribution in [3.05, 3.63) is 54.4 Å². The van der Waals surface area contributed by atoms with E-state index in [1.165, 1.54) is 11.3 Å². The summed E-state index contributed by atoms with van der Waals surface area (Å²) < 4.78 is 11.8. The van der Waals surface area contributed by atoms with Gasteiger partial charge in [-0.2, -0.15) is 0 Å². The second-order valence-electron chi connectivity index (χ2n) is 8.49. The lowest BCUT2D eigenvalue weighted by Gasteiger charge is -2.39. The van der Waals surface area contributed by atoms with Gasteiger partial charge in [0, 0.05) is 44.3 Å². The van der Waals surface area contributed by atoms with E-state index in [2.05, 4.69) is 39.0 Å². The number of hydrogen-bond acceptors (Lipinski definition) is 6. The number of benzene rings is 1. The number of hydrogen-bond donors (Lipinski definition) is 0. The zero-order chi connectivity index (χ0) is 20.6. The van der Waals surface area contributed by atoms with Crippen molar-refractivity contribution >= 4 is 11.6 Å². The maximum absolute atomic E-state index is 12.9. The predicted molar refractivity (Wildman–Crippen MR) is 113 cm³/mol. The van der Waals surface area contributed by atoms with Crippen LogP contribution in [0, 0.1) is 0 Å². The number of ether oxygens (including phenoxy) is 2. The molecule has 1 aromatic carbocycles. The minimum Gasteiger partial charge on any atom is -0.497 e. The summed E-state index contributed by atoms with van der Waals surface area (Å²) >= 11 is 0. The number of anilines is 1. The number of nitrogens with zero attached hydrogens (tertiary/aromatic N) is 4. The Balaban J connectivity index is 1.21. The van der Waals surface area contributed by atoms with Crippen molar-refractivity contribution in [1.29, 1.82) is 0 Å². The molecule has 7 nitrogen and oxygen atoms in total. The van der Waals surface area contributed by atoms with Crippen molar-refractivity contribution < 1.29 is 14.3 Å². The molecule has 0 aliphatic carbocycles. The van der Waals surface area contributed by atoms with E-state index < -0.39 is 0 Å². The Kier molecular flexibility index (Phi) is 5.08. The summed E-state index contributed by atoms with van der Waals surface area (Å²) in [6.07, 6.45) is 5.41.